The number of guanidine groups is 1. The molecule has 15 heteroatoms. The number of amides is 5. The fourth-order valence-electron chi connectivity index (χ4n) is 2.79. The third-order valence-corrected chi connectivity index (χ3v) is 4.84. The van der Waals surface area contributed by atoms with Gasteiger partial charge in [0.05, 0.1) is 12.6 Å². The highest BCUT2D eigenvalue weighted by Gasteiger charge is 2.27. The second kappa shape index (κ2) is 17.0. The maximum absolute atomic E-state index is 12.9. The topological polar surface area (TPSA) is 273 Å². The normalized spacial score (nSPS) is 13.9. The van der Waals surface area contributed by atoms with E-state index in [-0.39, 0.29) is 18.8 Å². The van der Waals surface area contributed by atoms with Crippen LogP contribution in [0.15, 0.2) is 0 Å². The SMILES string of the molecule is C[C@H](N)C(=O)N[C@@H](CCCNC(=N)N)C(=O)N[C@@H](CCCCN)C(=O)NCC(=O)N[C@@H](C)C(N)=O. The van der Waals surface area contributed by atoms with E-state index in [9.17, 15) is 24.0 Å². The molecule has 15 nitrogen and oxygen atoms in total. The first-order valence-corrected chi connectivity index (χ1v) is 11.4. The zero-order valence-corrected chi connectivity index (χ0v) is 20.3. The molecule has 5 amide bonds. The lowest BCUT2D eigenvalue weighted by atomic mass is 10.1. The Morgan fingerprint density at radius 1 is 0.800 bits per heavy atom. The van der Waals surface area contributed by atoms with Crippen LogP contribution in [-0.2, 0) is 24.0 Å². The fourth-order valence-corrected chi connectivity index (χ4v) is 2.79. The van der Waals surface area contributed by atoms with Crippen molar-refractivity contribution in [3.63, 3.8) is 0 Å². The van der Waals surface area contributed by atoms with Crippen molar-refractivity contribution in [2.75, 3.05) is 19.6 Å². The Balaban J connectivity index is 5.23. The third kappa shape index (κ3) is 14.4. The summed E-state index contributed by atoms with van der Waals surface area (Å²) in [7, 11) is 0. The van der Waals surface area contributed by atoms with E-state index < -0.39 is 60.2 Å². The molecule has 14 N–H and O–H groups in total. The second-order valence-electron chi connectivity index (χ2n) is 8.09. The van der Waals surface area contributed by atoms with Crippen molar-refractivity contribution in [1.82, 2.24) is 26.6 Å². The number of nitrogens with one attached hydrogen (secondary N) is 6. The Morgan fingerprint density at radius 2 is 1.37 bits per heavy atom. The Morgan fingerprint density at radius 3 is 1.91 bits per heavy atom. The van der Waals surface area contributed by atoms with Crippen LogP contribution in [0, 0.1) is 5.41 Å². The van der Waals surface area contributed by atoms with Gasteiger partial charge in [0.1, 0.15) is 18.1 Å². The zero-order chi connectivity index (χ0) is 27.0. The summed E-state index contributed by atoms with van der Waals surface area (Å²) in [4.78, 5) is 60.7. The summed E-state index contributed by atoms with van der Waals surface area (Å²) >= 11 is 0. The highest BCUT2D eigenvalue weighted by molar-refractivity contribution is 5.94. The van der Waals surface area contributed by atoms with Gasteiger partial charge in [0.15, 0.2) is 5.96 Å². The number of carbonyl (C=O) groups excluding carboxylic acids is 5. The van der Waals surface area contributed by atoms with Gasteiger partial charge in [-0.3, -0.25) is 29.4 Å². The molecule has 0 saturated carbocycles. The van der Waals surface area contributed by atoms with E-state index in [2.05, 4.69) is 26.6 Å². The molecule has 0 rings (SSSR count). The largest absolute Gasteiger partial charge is 0.370 e. The Hall–Kier alpha value is -3.46. The maximum atomic E-state index is 12.9. The van der Waals surface area contributed by atoms with Gasteiger partial charge in [-0.05, 0) is 52.5 Å². The Labute approximate surface area is 204 Å². The molecule has 0 aliphatic carbocycles. The standard InChI is InChI=1S/C20H40N10O5/c1-11(22)17(33)29-14(7-5-9-26-20(24)25)19(35)30-13(6-3-4-8-21)18(34)27-10-15(31)28-12(2)16(23)32/h11-14H,3-10,21-22H2,1-2H3,(H2,23,32)(H,27,34)(H,28,31)(H,29,33)(H,30,35)(H4,24,25,26)/t11-,12-,13-,14-/m0/s1. The Kier molecular flexibility index (Phi) is 15.4. The minimum Gasteiger partial charge on any atom is -0.370 e. The molecule has 0 heterocycles. The molecule has 0 aromatic heterocycles. The van der Waals surface area contributed by atoms with Gasteiger partial charge in [-0.1, -0.05) is 0 Å². The lowest BCUT2D eigenvalue weighted by Crippen LogP contribution is -2.56. The molecular weight excluding hydrogens is 460 g/mol. The van der Waals surface area contributed by atoms with Crippen molar-refractivity contribution < 1.29 is 24.0 Å². The van der Waals surface area contributed by atoms with Crippen LogP contribution < -0.4 is 49.5 Å². The van der Waals surface area contributed by atoms with Crippen LogP contribution in [0.4, 0.5) is 0 Å². The van der Waals surface area contributed by atoms with Crippen LogP contribution in [0.3, 0.4) is 0 Å². The number of hydrogen-bond acceptors (Lipinski definition) is 8. The van der Waals surface area contributed by atoms with E-state index in [1.165, 1.54) is 13.8 Å². The molecule has 0 radical (unpaired) electrons. The van der Waals surface area contributed by atoms with E-state index >= 15 is 0 Å². The molecular formula is C20H40N10O5. The summed E-state index contributed by atoms with van der Waals surface area (Å²) in [5.74, 6) is -3.36. The smallest absolute Gasteiger partial charge is 0.243 e. The van der Waals surface area contributed by atoms with Gasteiger partial charge in [0, 0.05) is 6.54 Å². The highest BCUT2D eigenvalue weighted by Crippen LogP contribution is 2.04. The van der Waals surface area contributed by atoms with Crippen molar-refractivity contribution in [1.29, 1.82) is 5.41 Å². The van der Waals surface area contributed by atoms with Crippen molar-refractivity contribution in [2.45, 2.75) is 70.1 Å². The van der Waals surface area contributed by atoms with Crippen molar-refractivity contribution >= 4 is 35.5 Å². The van der Waals surface area contributed by atoms with Gasteiger partial charge in [-0.2, -0.15) is 0 Å². The van der Waals surface area contributed by atoms with E-state index in [1.807, 2.05) is 0 Å². The number of primary amides is 1. The van der Waals surface area contributed by atoms with Gasteiger partial charge in [0.2, 0.25) is 29.5 Å². The van der Waals surface area contributed by atoms with E-state index in [0.717, 1.165) is 0 Å². The van der Waals surface area contributed by atoms with E-state index in [4.69, 9.17) is 28.3 Å². The maximum Gasteiger partial charge on any atom is 0.243 e. The summed E-state index contributed by atoms with van der Waals surface area (Å²) in [6.07, 6.45) is 1.96. The number of nitrogens with two attached hydrogens (primary N) is 4. The second-order valence-corrected chi connectivity index (χ2v) is 8.09. The molecule has 200 valence electrons. The van der Waals surface area contributed by atoms with E-state index in [1.54, 1.807) is 0 Å². The van der Waals surface area contributed by atoms with Crippen LogP contribution in [0.1, 0.15) is 46.0 Å². The van der Waals surface area contributed by atoms with Gasteiger partial charge in [0.25, 0.3) is 0 Å². The Bertz CT molecular complexity index is 746. The summed E-state index contributed by atoms with van der Waals surface area (Å²) in [5, 5.41) is 19.7. The van der Waals surface area contributed by atoms with Crippen LogP contribution in [0.5, 0.6) is 0 Å². The molecule has 0 unspecified atom stereocenters. The van der Waals surface area contributed by atoms with Crippen LogP contribution >= 0.6 is 0 Å². The minimum atomic E-state index is -1.000. The fraction of sp³-hybridized carbons (Fsp3) is 0.700. The van der Waals surface area contributed by atoms with Gasteiger partial charge < -0.3 is 49.5 Å². The first kappa shape index (κ1) is 31.5. The number of carbonyl (C=O) groups is 5. The first-order valence-electron chi connectivity index (χ1n) is 11.4. The van der Waals surface area contributed by atoms with Crippen LogP contribution in [0.25, 0.3) is 0 Å². The molecule has 0 aromatic carbocycles. The zero-order valence-electron chi connectivity index (χ0n) is 20.3. The van der Waals surface area contributed by atoms with Gasteiger partial charge in [-0.15, -0.1) is 0 Å². The molecule has 0 bridgehead atoms. The molecule has 35 heavy (non-hydrogen) atoms. The molecule has 0 aliphatic rings. The first-order chi connectivity index (χ1) is 16.4. The molecule has 4 atom stereocenters. The number of hydrogen-bond donors (Lipinski definition) is 10. The predicted molar refractivity (Wildman–Crippen MR) is 129 cm³/mol. The summed E-state index contributed by atoms with van der Waals surface area (Å²) in [5.41, 5.74) is 21.4. The van der Waals surface area contributed by atoms with Crippen molar-refractivity contribution in [3.05, 3.63) is 0 Å². The third-order valence-electron chi connectivity index (χ3n) is 4.84. The molecule has 0 saturated heterocycles. The lowest BCUT2D eigenvalue weighted by Gasteiger charge is -2.24. The summed E-state index contributed by atoms with van der Waals surface area (Å²) in [6.45, 7) is 3.13. The number of unbranched alkanes of at least 4 members (excludes halogenated alkanes) is 1. The molecule has 0 aliphatic heterocycles. The van der Waals surface area contributed by atoms with Gasteiger partial charge >= 0.3 is 0 Å². The van der Waals surface area contributed by atoms with Crippen LogP contribution in [-0.4, -0.2) is 79.3 Å². The van der Waals surface area contributed by atoms with Crippen molar-refractivity contribution in [2.24, 2.45) is 22.9 Å². The molecule has 0 spiro atoms. The van der Waals surface area contributed by atoms with Gasteiger partial charge in [-0.25, -0.2) is 0 Å². The summed E-state index contributed by atoms with van der Waals surface area (Å²) in [6, 6.07) is -3.76. The minimum absolute atomic E-state index is 0.190. The lowest BCUT2D eigenvalue weighted by molar-refractivity contribution is -0.133. The van der Waals surface area contributed by atoms with E-state index in [0.29, 0.717) is 32.4 Å². The number of rotatable bonds is 17. The average Bonchev–Trinajstić information content (AvgIpc) is 2.78. The monoisotopic (exact) mass is 500 g/mol. The summed E-state index contributed by atoms with van der Waals surface area (Å²) < 4.78 is 0. The molecule has 0 fully saturated rings. The average molecular weight is 501 g/mol. The molecule has 0 aromatic rings. The quantitative estimate of drug-likeness (QED) is 0.0525. The predicted octanol–water partition coefficient (Wildman–Crippen LogP) is -4.20. The van der Waals surface area contributed by atoms with Crippen LogP contribution in [0.2, 0.25) is 0 Å². The van der Waals surface area contributed by atoms with Crippen molar-refractivity contribution in [3.8, 4) is 0 Å². The highest BCUT2D eigenvalue weighted by atomic mass is 16.2.